The first-order chi connectivity index (χ1) is 5.46. The van der Waals surface area contributed by atoms with Crippen molar-refractivity contribution in [3.63, 3.8) is 0 Å². The minimum atomic E-state index is -0.333. The Morgan fingerprint density at radius 2 is 1.92 bits per heavy atom. The van der Waals surface area contributed by atoms with E-state index in [0.29, 0.717) is 11.3 Å². The van der Waals surface area contributed by atoms with Crippen molar-refractivity contribution in [2.75, 3.05) is 0 Å². The zero-order valence-electron chi connectivity index (χ0n) is 8.43. The van der Waals surface area contributed by atoms with Gasteiger partial charge < -0.3 is 5.11 Å². The van der Waals surface area contributed by atoms with E-state index in [4.69, 9.17) is 0 Å². The maximum atomic E-state index is 10.3. The number of hydrogen-bond donors (Lipinski definition) is 1. The summed E-state index contributed by atoms with van der Waals surface area (Å²) in [7, 11) is 0. The maximum absolute atomic E-state index is 10.3. The highest BCUT2D eigenvalue weighted by atomic mass is 16.3. The molecule has 2 saturated carbocycles. The van der Waals surface area contributed by atoms with Gasteiger partial charge in [0.25, 0.3) is 0 Å². The fraction of sp³-hybridized carbons (Fsp3) is 1.00. The summed E-state index contributed by atoms with van der Waals surface area (Å²) in [6, 6.07) is 0. The molecule has 2 fully saturated rings. The van der Waals surface area contributed by atoms with E-state index < -0.39 is 0 Å². The molecule has 1 heteroatoms. The highest BCUT2D eigenvalue weighted by Crippen LogP contribution is 2.63. The molecule has 2 aliphatic carbocycles. The van der Waals surface area contributed by atoms with E-state index in [2.05, 4.69) is 20.8 Å². The van der Waals surface area contributed by atoms with Gasteiger partial charge in [-0.3, -0.25) is 0 Å². The SMILES string of the molecule is CC(C)C1(O)CCC2(C)CC2C1. The second-order valence-corrected chi connectivity index (χ2v) is 5.52. The van der Waals surface area contributed by atoms with E-state index >= 15 is 0 Å². The van der Waals surface area contributed by atoms with Crippen LogP contribution in [0.4, 0.5) is 0 Å². The predicted octanol–water partition coefficient (Wildman–Crippen LogP) is 2.58. The number of hydrogen-bond acceptors (Lipinski definition) is 1. The molecular formula is C11H20O. The summed E-state index contributed by atoms with van der Waals surface area (Å²) in [6.45, 7) is 6.66. The molecule has 0 spiro atoms. The van der Waals surface area contributed by atoms with Crippen molar-refractivity contribution in [3.05, 3.63) is 0 Å². The van der Waals surface area contributed by atoms with Gasteiger partial charge in [0.1, 0.15) is 0 Å². The molecule has 0 heterocycles. The van der Waals surface area contributed by atoms with Crippen molar-refractivity contribution in [2.45, 2.75) is 52.1 Å². The third-order valence-electron chi connectivity index (χ3n) is 4.34. The lowest BCUT2D eigenvalue weighted by Crippen LogP contribution is -2.39. The lowest BCUT2D eigenvalue weighted by molar-refractivity contribution is -0.0482. The third-order valence-corrected chi connectivity index (χ3v) is 4.34. The average Bonchev–Trinajstić information content (AvgIpc) is 2.60. The molecule has 2 rings (SSSR count). The smallest absolute Gasteiger partial charge is 0.0673 e. The van der Waals surface area contributed by atoms with Crippen LogP contribution in [-0.4, -0.2) is 10.7 Å². The van der Waals surface area contributed by atoms with Crippen LogP contribution >= 0.6 is 0 Å². The highest BCUT2D eigenvalue weighted by molar-refractivity contribution is 5.07. The van der Waals surface area contributed by atoms with Crippen LogP contribution in [0.3, 0.4) is 0 Å². The molecule has 0 saturated heterocycles. The summed E-state index contributed by atoms with van der Waals surface area (Å²) < 4.78 is 0. The van der Waals surface area contributed by atoms with E-state index in [-0.39, 0.29) is 5.60 Å². The van der Waals surface area contributed by atoms with Gasteiger partial charge in [0, 0.05) is 0 Å². The second-order valence-electron chi connectivity index (χ2n) is 5.52. The molecule has 3 atom stereocenters. The number of aliphatic hydroxyl groups is 1. The van der Waals surface area contributed by atoms with Crippen LogP contribution in [0.15, 0.2) is 0 Å². The lowest BCUT2D eigenvalue weighted by atomic mass is 9.74. The van der Waals surface area contributed by atoms with Gasteiger partial charge in [-0.15, -0.1) is 0 Å². The Morgan fingerprint density at radius 3 is 2.42 bits per heavy atom. The van der Waals surface area contributed by atoms with Gasteiger partial charge in [-0.05, 0) is 42.9 Å². The number of fused-ring (bicyclic) bond motifs is 1. The molecule has 0 aliphatic heterocycles. The van der Waals surface area contributed by atoms with Gasteiger partial charge in [0.15, 0.2) is 0 Å². The largest absolute Gasteiger partial charge is 0.390 e. The van der Waals surface area contributed by atoms with Crippen molar-refractivity contribution in [3.8, 4) is 0 Å². The van der Waals surface area contributed by atoms with Crippen molar-refractivity contribution < 1.29 is 5.11 Å². The Balaban J connectivity index is 2.05. The Labute approximate surface area is 75.2 Å². The summed E-state index contributed by atoms with van der Waals surface area (Å²) >= 11 is 0. The second kappa shape index (κ2) is 2.25. The molecule has 3 unspecified atom stereocenters. The fourth-order valence-electron chi connectivity index (χ4n) is 2.68. The van der Waals surface area contributed by atoms with Crippen molar-refractivity contribution in [1.82, 2.24) is 0 Å². The molecule has 0 aromatic rings. The minimum Gasteiger partial charge on any atom is -0.390 e. The third kappa shape index (κ3) is 1.10. The van der Waals surface area contributed by atoms with E-state index in [9.17, 15) is 5.11 Å². The van der Waals surface area contributed by atoms with Gasteiger partial charge >= 0.3 is 0 Å². The summed E-state index contributed by atoms with van der Waals surface area (Å²) in [5, 5.41) is 10.3. The first-order valence-electron chi connectivity index (χ1n) is 5.19. The highest BCUT2D eigenvalue weighted by Gasteiger charge is 2.57. The van der Waals surface area contributed by atoms with Crippen LogP contribution < -0.4 is 0 Å². The summed E-state index contributed by atoms with van der Waals surface area (Å²) in [5.74, 6) is 1.27. The summed E-state index contributed by atoms with van der Waals surface area (Å²) in [4.78, 5) is 0. The Kier molecular flexibility index (Phi) is 1.61. The monoisotopic (exact) mass is 168 g/mol. The van der Waals surface area contributed by atoms with Gasteiger partial charge in [-0.25, -0.2) is 0 Å². The Bertz CT molecular complexity index is 199. The molecule has 1 N–H and O–H groups in total. The van der Waals surface area contributed by atoms with Crippen LogP contribution in [0.2, 0.25) is 0 Å². The Hall–Kier alpha value is -0.0400. The average molecular weight is 168 g/mol. The first-order valence-corrected chi connectivity index (χ1v) is 5.19. The Morgan fingerprint density at radius 1 is 1.25 bits per heavy atom. The molecule has 0 aromatic heterocycles. The zero-order valence-corrected chi connectivity index (χ0v) is 8.43. The van der Waals surface area contributed by atoms with Crippen LogP contribution in [0, 0.1) is 17.3 Å². The normalized spacial score (nSPS) is 52.2. The van der Waals surface area contributed by atoms with Gasteiger partial charge in [-0.1, -0.05) is 20.8 Å². The van der Waals surface area contributed by atoms with Gasteiger partial charge in [-0.2, -0.15) is 0 Å². The van der Waals surface area contributed by atoms with Crippen molar-refractivity contribution in [1.29, 1.82) is 0 Å². The molecule has 12 heavy (non-hydrogen) atoms. The van der Waals surface area contributed by atoms with Crippen LogP contribution in [0.1, 0.15) is 46.5 Å². The molecule has 1 nitrogen and oxygen atoms in total. The van der Waals surface area contributed by atoms with Crippen LogP contribution in [-0.2, 0) is 0 Å². The molecule has 2 aliphatic rings. The molecule has 0 bridgehead atoms. The minimum absolute atomic E-state index is 0.333. The predicted molar refractivity (Wildman–Crippen MR) is 49.9 cm³/mol. The summed E-state index contributed by atoms with van der Waals surface area (Å²) in [6.07, 6.45) is 4.69. The van der Waals surface area contributed by atoms with Gasteiger partial charge in [0.05, 0.1) is 5.60 Å². The van der Waals surface area contributed by atoms with Crippen LogP contribution in [0.5, 0.6) is 0 Å². The van der Waals surface area contributed by atoms with Crippen molar-refractivity contribution >= 4 is 0 Å². The van der Waals surface area contributed by atoms with Gasteiger partial charge in [0.2, 0.25) is 0 Å². The molecule has 0 amide bonds. The first kappa shape index (κ1) is 8.55. The standard InChI is InChI=1S/C11H20O/c1-8(2)11(12)5-4-10(3)6-9(10)7-11/h8-9,12H,4-7H2,1-3H3. The van der Waals surface area contributed by atoms with Crippen molar-refractivity contribution in [2.24, 2.45) is 17.3 Å². The van der Waals surface area contributed by atoms with E-state index in [1.165, 1.54) is 12.8 Å². The van der Waals surface area contributed by atoms with Crippen LogP contribution in [0.25, 0.3) is 0 Å². The molecule has 0 aromatic carbocycles. The lowest BCUT2D eigenvalue weighted by Gasteiger charge is -2.37. The topological polar surface area (TPSA) is 20.2 Å². The van der Waals surface area contributed by atoms with E-state index in [1.54, 1.807) is 0 Å². The zero-order chi connectivity index (χ0) is 8.98. The molecular weight excluding hydrogens is 148 g/mol. The quantitative estimate of drug-likeness (QED) is 0.638. The van der Waals surface area contributed by atoms with E-state index in [0.717, 1.165) is 18.8 Å². The fourth-order valence-corrected chi connectivity index (χ4v) is 2.68. The summed E-state index contributed by atoms with van der Waals surface area (Å²) in [5.41, 5.74) is 0.293. The maximum Gasteiger partial charge on any atom is 0.0673 e. The molecule has 0 radical (unpaired) electrons. The molecule has 70 valence electrons. The van der Waals surface area contributed by atoms with E-state index in [1.807, 2.05) is 0 Å². The number of rotatable bonds is 1.